The third-order valence-electron chi connectivity index (χ3n) is 1.20. The van der Waals surface area contributed by atoms with Crippen molar-refractivity contribution in [2.45, 2.75) is 13.0 Å². The second-order valence-corrected chi connectivity index (χ2v) is 2.99. The second-order valence-electron chi connectivity index (χ2n) is 2.17. The lowest BCUT2D eigenvalue weighted by Gasteiger charge is -2.02. The molecule has 1 rings (SSSR count). The summed E-state index contributed by atoms with van der Waals surface area (Å²) in [6.45, 7) is 1.91. The summed E-state index contributed by atoms with van der Waals surface area (Å²) in [5, 5.41) is 0. The molecule has 0 saturated carbocycles. The Morgan fingerprint density at radius 3 is 2.70 bits per heavy atom. The number of rotatable bonds is 1. The number of hydrogen-bond acceptors (Lipinski definition) is 2. The van der Waals surface area contributed by atoms with Gasteiger partial charge in [-0.05, 0) is 35.0 Å². The van der Waals surface area contributed by atoms with Crippen molar-refractivity contribution < 1.29 is 0 Å². The number of aromatic nitrogens is 1. The van der Waals surface area contributed by atoms with Crippen LogP contribution in [-0.2, 0) is 0 Å². The molecule has 0 bridgehead atoms. The highest BCUT2D eigenvalue weighted by Crippen LogP contribution is 2.10. The molecule has 0 aromatic carbocycles. The Kier molecular flexibility index (Phi) is 2.40. The number of halogens is 1. The maximum atomic E-state index is 5.60. The summed E-state index contributed by atoms with van der Waals surface area (Å²) in [6, 6.07) is 5.73. The summed E-state index contributed by atoms with van der Waals surface area (Å²) < 4.78 is 0.835. The SMILES string of the molecule is C[C@@H](N)c1cccc(Br)n1. The van der Waals surface area contributed by atoms with Crippen molar-refractivity contribution in [3.63, 3.8) is 0 Å². The van der Waals surface area contributed by atoms with Gasteiger partial charge in [-0.2, -0.15) is 0 Å². The fraction of sp³-hybridized carbons (Fsp3) is 0.286. The van der Waals surface area contributed by atoms with Crippen molar-refractivity contribution in [3.8, 4) is 0 Å². The maximum absolute atomic E-state index is 5.60. The molecule has 0 amide bonds. The molecule has 2 N–H and O–H groups in total. The molecule has 1 heterocycles. The average Bonchev–Trinajstić information content (AvgIpc) is 1.88. The zero-order chi connectivity index (χ0) is 7.56. The minimum atomic E-state index is 0.0116. The monoisotopic (exact) mass is 200 g/mol. The summed E-state index contributed by atoms with van der Waals surface area (Å²) in [5.41, 5.74) is 6.51. The third kappa shape index (κ3) is 1.78. The molecule has 10 heavy (non-hydrogen) atoms. The van der Waals surface area contributed by atoms with Crippen LogP contribution in [0.1, 0.15) is 18.7 Å². The topological polar surface area (TPSA) is 38.9 Å². The minimum Gasteiger partial charge on any atom is -0.323 e. The van der Waals surface area contributed by atoms with E-state index in [1.807, 2.05) is 25.1 Å². The lowest BCUT2D eigenvalue weighted by Crippen LogP contribution is -2.06. The predicted molar refractivity (Wildman–Crippen MR) is 44.5 cm³/mol. The molecule has 0 radical (unpaired) electrons. The first-order valence-electron chi connectivity index (χ1n) is 3.08. The molecular formula is C7H9BrN2. The van der Waals surface area contributed by atoms with Gasteiger partial charge in [0.15, 0.2) is 0 Å². The predicted octanol–water partition coefficient (Wildman–Crippen LogP) is 1.86. The van der Waals surface area contributed by atoms with Crippen molar-refractivity contribution in [2.24, 2.45) is 5.73 Å². The zero-order valence-corrected chi connectivity index (χ0v) is 7.30. The summed E-state index contributed by atoms with van der Waals surface area (Å²) in [5.74, 6) is 0. The molecule has 0 fully saturated rings. The van der Waals surface area contributed by atoms with Crippen LogP contribution < -0.4 is 5.73 Å². The van der Waals surface area contributed by atoms with E-state index in [1.54, 1.807) is 0 Å². The largest absolute Gasteiger partial charge is 0.323 e. The second kappa shape index (κ2) is 3.12. The lowest BCUT2D eigenvalue weighted by molar-refractivity contribution is 0.778. The van der Waals surface area contributed by atoms with Crippen LogP contribution in [0.15, 0.2) is 22.8 Å². The van der Waals surface area contributed by atoms with Crippen LogP contribution in [0.3, 0.4) is 0 Å². The highest BCUT2D eigenvalue weighted by Gasteiger charge is 1.98. The van der Waals surface area contributed by atoms with Gasteiger partial charge in [0, 0.05) is 6.04 Å². The number of nitrogens with zero attached hydrogens (tertiary/aromatic N) is 1. The molecule has 3 heteroatoms. The summed E-state index contributed by atoms with van der Waals surface area (Å²) >= 11 is 3.26. The van der Waals surface area contributed by atoms with Gasteiger partial charge < -0.3 is 5.73 Å². The fourth-order valence-corrected chi connectivity index (χ4v) is 1.03. The molecule has 54 valence electrons. The van der Waals surface area contributed by atoms with E-state index in [-0.39, 0.29) is 6.04 Å². The van der Waals surface area contributed by atoms with Gasteiger partial charge in [0.05, 0.1) is 5.69 Å². The van der Waals surface area contributed by atoms with Crippen LogP contribution in [0.25, 0.3) is 0 Å². The number of hydrogen-bond donors (Lipinski definition) is 1. The molecule has 1 atom stereocenters. The van der Waals surface area contributed by atoms with Crippen LogP contribution >= 0.6 is 15.9 Å². The Labute approximate surface area is 68.6 Å². The summed E-state index contributed by atoms with van der Waals surface area (Å²) in [7, 11) is 0. The van der Waals surface area contributed by atoms with E-state index >= 15 is 0 Å². The zero-order valence-electron chi connectivity index (χ0n) is 5.71. The third-order valence-corrected chi connectivity index (χ3v) is 1.64. The molecule has 0 aliphatic carbocycles. The average molecular weight is 201 g/mol. The van der Waals surface area contributed by atoms with E-state index < -0.39 is 0 Å². The minimum absolute atomic E-state index is 0.0116. The molecule has 0 spiro atoms. The Bertz CT molecular complexity index is 223. The Morgan fingerprint density at radius 2 is 2.30 bits per heavy atom. The maximum Gasteiger partial charge on any atom is 0.106 e. The van der Waals surface area contributed by atoms with Crippen LogP contribution in [0.4, 0.5) is 0 Å². The molecule has 0 aliphatic heterocycles. The van der Waals surface area contributed by atoms with Crippen molar-refractivity contribution in [1.82, 2.24) is 4.98 Å². The molecule has 0 aliphatic rings. The fourth-order valence-electron chi connectivity index (χ4n) is 0.678. The van der Waals surface area contributed by atoms with Gasteiger partial charge >= 0.3 is 0 Å². The van der Waals surface area contributed by atoms with E-state index in [1.165, 1.54) is 0 Å². The first-order valence-corrected chi connectivity index (χ1v) is 3.87. The Morgan fingerprint density at radius 1 is 1.60 bits per heavy atom. The van der Waals surface area contributed by atoms with Gasteiger partial charge in [0.1, 0.15) is 4.60 Å². The quantitative estimate of drug-likeness (QED) is 0.704. The van der Waals surface area contributed by atoms with Gasteiger partial charge in [-0.25, -0.2) is 4.98 Å². The van der Waals surface area contributed by atoms with Crippen molar-refractivity contribution in [1.29, 1.82) is 0 Å². The van der Waals surface area contributed by atoms with Crippen molar-refractivity contribution in [2.75, 3.05) is 0 Å². The van der Waals surface area contributed by atoms with Crippen molar-refractivity contribution in [3.05, 3.63) is 28.5 Å². The van der Waals surface area contributed by atoms with Crippen LogP contribution in [0.5, 0.6) is 0 Å². The van der Waals surface area contributed by atoms with E-state index in [4.69, 9.17) is 5.73 Å². The van der Waals surface area contributed by atoms with E-state index in [0.717, 1.165) is 10.3 Å². The molecule has 0 unspecified atom stereocenters. The van der Waals surface area contributed by atoms with Gasteiger partial charge in [0.25, 0.3) is 0 Å². The van der Waals surface area contributed by atoms with E-state index in [2.05, 4.69) is 20.9 Å². The lowest BCUT2D eigenvalue weighted by atomic mass is 10.2. The van der Waals surface area contributed by atoms with Gasteiger partial charge in [-0.15, -0.1) is 0 Å². The standard InChI is InChI=1S/C7H9BrN2/c1-5(9)6-3-2-4-7(8)10-6/h2-5H,9H2,1H3/t5-/m1/s1. The van der Waals surface area contributed by atoms with E-state index in [9.17, 15) is 0 Å². The van der Waals surface area contributed by atoms with Gasteiger partial charge in [-0.1, -0.05) is 6.07 Å². The first kappa shape index (κ1) is 7.69. The Hall–Kier alpha value is -0.410. The van der Waals surface area contributed by atoms with Gasteiger partial charge in [-0.3, -0.25) is 0 Å². The smallest absolute Gasteiger partial charge is 0.106 e. The number of nitrogens with two attached hydrogens (primary N) is 1. The molecular weight excluding hydrogens is 192 g/mol. The first-order chi connectivity index (χ1) is 4.70. The Balaban J connectivity index is 2.96. The highest BCUT2D eigenvalue weighted by atomic mass is 79.9. The summed E-state index contributed by atoms with van der Waals surface area (Å²) in [6.07, 6.45) is 0. The van der Waals surface area contributed by atoms with Crippen LogP contribution in [0.2, 0.25) is 0 Å². The summed E-state index contributed by atoms with van der Waals surface area (Å²) in [4.78, 5) is 4.16. The molecule has 1 aromatic heterocycles. The number of pyridine rings is 1. The molecule has 2 nitrogen and oxygen atoms in total. The highest BCUT2D eigenvalue weighted by molar-refractivity contribution is 9.10. The molecule has 1 aromatic rings. The van der Waals surface area contributed by atoms with Gasteiger partial charge in [0.2, 0.25) is 0 Å². The molecule has 0 saturated heterocycles. The normalized spacial score (nSPS) is 13.1. The van der Waals surface area contributed by atoms with Crippen LogP contribution in [0, 0.1) is 0 Å². The van der Waals surface area contributed by atoms with Crippen LogP contribution in [-0.4, -0.2) is 4.98 Å². The van der Waals surface area contributed by atoms with Crippen molar-refractivity contribution >= 4 is 15.9 Å². The van der Waals surface area contributed by atoms with E-state index in [0.29, 0.717) is 0 Å².